The highest BCUT2D eigenvalue weighted by atomic mass is 16.3. The van der Waals surface area contributed by atoms with Crippen LogP contribution < -0.4 is 0 Å². The van der Waals surface area contributed by atoms with Crippen molar-refractivity contribution in [1.82, 2.24) is 0 Å². The molecule has 1 heteroatoms. The lowest BCUT2D eigenvalue weighted by molar-refractivity contribution is 0.222. The van der Waals surface area contributed by atoms with E-state index in [0.29, 0.717) is 6.42 Å². The Morgan fingerprint density at radius 2 is 2.45 bits per heavy atom. The zero-order valence-corrected chi connectivity index (χ0v) is 6.88. The minimum Gasteiger partial charge on any atom is -0.380 e. The maximum absolute atomic E-state index is 8.99. The summed E-state index contributed by atoms with van der Waals surface area (Å²) in [6.45, 7) is 5.56. The summed E-state index contributed by atoms with van der Waals surface area (Å²) >= 11 is 0. The molecule has 0 saturated heterocycles. The molecular weight excluding hydrogens is 136 g/mol. The summed E-state index contributed by atoms with van der Waals surface area (Å²) in [5.74, 6) is 2.26. The second-order valence-corrected chi connectivity index (χ2v) is 2.47. The molecule has 0 amide bonds. The minimum atomic E-state index is -0.608. The van der Waals surface area contributed by atoms with Crippen LogP contribution in [0.1, 0.15) is 19.8 Å². The molecule has 0 aliphatic carbocycles. The van der Waals surface area contributed by atoms with Crippen LogP contribution in [0.2, 0.25) is 0 Å². The molecule has 1 atom stereocenters. The molecule has 0 radical (unpaired) electrons. The zero-order valence-electron chi connectivity index (χ0n) is 6.88. The van der Waals surface area contributed by atoms with Crippen LogP contribution in [-0.4, -0.2) is 11.2 Å². The second-order valence-electron chi connectivity index (χ2n) is 2.47. The van der Waals surface area contributed by atoms with E-state index < -0.39 is 6.10 Å². The van der Waals surface area contributed by atoms with Gasteiger partial charge >= 0.3 is 0 Å². The summed E-state index contributed by atoms with van der Waals surface area (Å²) < 4.78 is 0. The number of aliphatic hydroxyl groups excluding tert-OH is 1. The molecule has 0 rings (SSSR count). The third-order valence-corrected chi connectivity index (χ3v) is 1.41. The van der Waals surface area contributed by atoms with Crippen molar-refractivity contribution in [3.05, 3.63) is 24.3 Å². The second kappa shape index (κ2) is 5.76. The fourth-order valence-electron chi connectivity index (χ4n) is 0.732. The Morgan fingerprint density at radius 3 is 2.91 bits per heavy atom. The van der Waals surface area contributed by atoms with Gasteiger partial charge in [-0.2, -0.15) is 0 Å². The summed E-state index contributed by atoms with van der Waals surface area (Å²) in [5, 5.41) is 8.99. The van der Waals surface area contributed by atoms with E-state index in [-0.39, 0.29) is 0 Å². The zero-order chi connectivity index (χ0) is 8.69. The van der Waals surface area contributed by atoms with Crippen LogP contribution in [0, 0.1) is 12.3 Å². The number of hydrogen-bond acceptors (Lipinski definition) is 1. The highest BCUT2D eigenvalue weighted by Gasteiger charge is 1.97. The predicted octanol–water partition coefficient (Wildman–Crippen LogP) is 1.89. The van der Waals surface area contributed by atoms with E-state index in [1.54, 1.807) is 6.08 Å². The average Bonchev–Trinajstić information content (AvgIpc) is 2.01. The number of aliphatic hydroxyl groups is 1. The monoisotopic (exact) mass is 150 g/mol. The van der Waals surface area contributed by atoms with Crippen molar-refractivity contribution in [1.29, 1.82) is 0 Å². The molecule has 0 aromatic heterocycles. The molecule has 0 heterocycles. The average molecular weight is 150 g/mol. The molecule has 1 nitrogen and oxygen atoms in total. The van der Waals surface area contributed by atoms with E-state index in [9.17, 15) is 0 Å². The Kier molecular flexibility index (Phi) is 5.24. The molecule has 0 aromatic rings. The Balaban J connectivity index is 3.63. The fraction of sp³-hybridized carbons (Fsp3) is 0.400. The smallest absolute Gasteiger partial charge is 0.114 e. The van der Waals surface area contributed by atoms with E-state index in [1.807, 2.05) is 13.0 Å². The SMILES string of the molecule is C#C[C@@H](O)CC/C(C)=C/C=C. The lowest BCUT2D eigenvalue weighted by Gasteiger charge is -2.01. The maximum Gasteiger partial charge on any atom is 0.114 e. The molecular formula is C10H14O. The minimum absolute atomic E-state index is 0.608. The van der Waals surface area contributed by atoms with E-state index in [0.717, 1.165) is 6.42 Å². The summed E-state index contributed by atoms with van der Waals surface area (Å²) in [5.41, 5.74) is 1.19. The Labute approximate surface area is 68.4 Å². The Hall–Kier alpha value is -1.00. The first kappa shape index (κ1) is 10.0. The maximum atomic E-state index is 8.99. The first-order valence-electron chi connectivity index (χ1n) is 3.63. The third kappa shape index (κ3) is 5.44. The molecule has 0 aliphatic rings. The van der Waals surface area contributed by atoms with Crippen molar-refractivity contribution in [3.63, 3.8) is 0 Å². The number of rotatable bonds is 4. The van der Waals surface area contributed by atoms with E-state index in [2.05, 4.69) is 12.5 Å². The molecule has 11 heavy (non-hydrogen) atoms. The Morgan fingerprint density at radius 1 is 1.82 bits per heavy atom. The Bertz CT molecular complexity index is 184. The van der Waals surface area contributed by atoms with Gasteiger partial charge in [-0.05, 0) is 19.8 Å². The van der Waals surface area contributed by atoms with Crippen molar-refractivity contribution in [2.75, 3.05) is 0 Å². The first-order chi connectivity index (χ1) is 5.20. The molecule has 0 aromatic carbocycles. The first-order valence-corrected chi connectivity index (χ1v) is 3.63. The van der Waals surface area contributed by atoms with Gasteiger partial charge in [0.15, 0.2) is 0 Å². The summed E-state index contributed by atoms with van der Waals surface area (Å²) in [6.07, 6.45) is 9.50. The van der Waals surface area contributed by atoms with Crippen molar-refractivity contribution < 1.29 is 5.11 Å². The van der Waals surface area contributed by atoms with Gasteiger partial charge in [-0.1, -0.05) is 30.2 Å². The largest absolute Gasteiger partial charge is 0.380 e. The van der Waals surface area contributed by atoms with Crippen LogP contribution in [0.3, 0.4) is 0 Å². The lowest BCUT2D eigenvalue weighted by Crippen LogP contribution is -2.01. The molecule has 0 unspecified atom stereocenters. The molecule has 0 saturated carbocycles. The van der Waals surface area contributed by atoms with Gasteiger partial charge in [-0.25, -0.2) is 0 Å². The van der Waals surface area contributed by atoms with Crippen LogP contribution >= 0.6 is 0 Å². The quantitative estimate of drug-likeness (QED) is 0.479. The van der Waals surface area contributed by atoms with Gasteiger partial charge in [0.2, 0.25) is 0 Å². The van der Waals surface area contributed by atoms with E-state index >= 15 is 0 Å². The van der Waals surface area contributed by atoms with Crippen LogP contribution in [0.25, 0.3) is 0 Å². The molecule has 0 spiro atoms. The van der Waals surface area contributed by atoms with Gasteiger partial charge in [0.1, 0.15) is 6.10 Å². The topological polar surface area (TPSA) is 20.2 Å². The molecule has 0 bridgehead atoms. The van der Waals surface area contributed by atoms with Crippen LogP contribution in [-0.2, 0) is 0 Å². The molecule has 60 valence electrons. The normalized spacial score (nSPS) is 13.7. The van der Waals surface area contributed by atoms with Gasteiger partial charge in [0.05, 0.1) is 0 Å². The third-order valence-electron chi connectivity index (χ3n) is 1.41. The van der Waals surface area contributed by atoms with Gasteiger partial charge in [-0.3, -0.25) is 0 Å². The lowest BCUT2D eigenvalue weighted by atomic mass is 10.1. The van der Waals surface area contributed by atoms with Crippen LogP contribution in [0.15, 0.2) is 24.3 Å². The summed E-state index contributed by atoms with van der Waals surface area (Å²) in [7, 11) is 0. The van der Waals surface area contributed by atoms with Gasteiger partial charge < -0.3 is 5.11 Å². The van der Waals surface area contributed by atoms with Crippen LogP contribution in [0.4, 0.5) is 0 Å². The van der Waals surface area contributed by atoms with Gasteiger partial charge in [-0.15, -0.1) is 6.42 Å². The number of allylic oxidation sites excluding steroid dienone is 3. The highest BCUT2D eigenvalue weighted by molar-refractivity contribution is 5.08. The van der Waals surface area contributed by atoms with E-state index in [4.69, 9.17) is 11.5 Å². The van der Waals surface area contributed by atoms with E-state index in [1.165, 1.54) is 5.57 Å². The summed E-state index contributed by atoms with van der Waals surface area (Å²) in [4.78, 5) is 0. The van der Waals surface area contributed by atoms with Gasteiger partial charge in [0.25, 0.3) is 0 Å². The number of hydrogen-bond donors (Lipinski definition) is 1. The predicted molar refractivity (Wildman–Crippen MR) is 48.0 cm³/mol. The molecule has 1 N–H and O–H groups in total. The van der Waals surface area contributed by atoms with Crippen molar-refractivity contribution in [3.8, 4) is 12.3 Å². The van der Waals surface area contributed by atoms with Gasteiger partial charge in [0, 0.05) is 0 Å². The fourth-order valence-corrected chi connectivity index (χ4v) is 0.732. The molecule has 0 aliphatic heterocycles. The standard InChI is InChI=1S/C10H14O/c1-4-6-9(3)7-8-10(11)5-2/h2,4,6,10-11H,1,7-8H2,3H3/b9-6+/t10-/m1/s1. The van der Waals surface area contributed by atoms with Crippen LogP contribution in [0.5, 0.6) is 0 Å². The highest BCUT2D eigenvalue weighted by Crippen LogP contribution is 2.05. The van der Waals surface area contributed by atoms with Crippen molar-refractivity contribution >= 4 is 0 Å². The van der Waals surface area contributed by atoms with Crippen molar-refractivity contribution in [2.24, 2.45) is 0 Å². The van der Waals surface area contributed by atoms with Crippen molar-refractivity contribution in [2.45, 2.75) is 25.9 Å². The summed E-state index contributed by atoms with van der Waals surface area (Å²) in [6, 6.07) is 0. The molecule has 0 fully saturated rings. The number of terminal acetylenes is 1.